The number of nitrogens with zero attached hydrogens (tertiary/aromatic N) is 1. The molecule has 0 atom stereocenters. The van der Waals surface area contributed by atoms with E-state index in [1.165, 1.54) is 45.6 Å². The first-order chi connectivity index (χ1) is 15.3. The monoisotopic (exact) mass is 460 g/mol. The largest absolute Gasteiger partial charge is 0.493 e. The van der Waals surface area contributed by atoms with Gasteiger partial charge in [0.1, 0.15) is 4.90 Å². The summed E-state index contributed by atoms with van der Waals surface area (Å²) in [5.41, 5.74) is 1.30. The van der Waals surface area contributed by atoms with E-state index in [1.807, 2.05) is 0 Å². The summed E-state index contributed by atoms with van der Waals surface area (Å²) in [5.74, 6) is -0.394. The molecule has 170 valence electrons. The zero-order valence-corrected chi connectivity index (χ0v) is 18.8. The van der Waals surface area contributed by atoms with Crippen molar-refractivity contribution in [2.75, 3.05) is 37.5 Å². The molecule has 0 unspecified atom stereocenters. The van der Waals surface area contributed by atoms with Crippen LogP contribution >= 0.6 is 0 Å². The third-order valence-corrected chi connectivity index (χ3v) is 6.24. The van der Waals surface area contributed by atoms with Crippen LogP contribution in [0.25, 0.3) is 6.08 Å². The SMILES string of the molecule is COC(=O)C=Cc1cc(OC)c(OC)c(S(=O)(=O)Nc2cccc(N3CCCC3=O)c2)c1. The first kappa shape index (κ1) is 23.1. The number of carbonyl (C=O) groups is 2. The highest BCUT2D eigenvalue weighted by Crippen LogP contribution is 2.37. The first-order valence-electron chi connectivity index (χ1n) is 9.74. The molecule has 1 saturated heterocycles. The predicted molar refractivity (Wildman–Crippen MR) is 119 cm³/mol. The van der Waals surface area contributed by atoms with Gasteiger partial charge in [0.25, 0.3) is 10.0 Å². The van der Waals surface area contributed by atoms with E-state index in [2.05, 4.69) is 9.46 Å². The minimum Gasteiger partial charge on any atom is -0.493 e. The number of hydrogen-bond donors (Lipinski definition) is 1. The average molecular weight is 461 g/mol. The van der Waals surface area contributed by atoms with Crippen molar-refractivity contribution in [2.45, 2.75) is 17.7 Å². The quantitative estimate of drug-likeness (QED) is 0.476. The highest BCUT2D eigenvalue weighted by molar-refractivity contribution is 7.92. The lowest BCUT2D eigenvalue weighted by Gasteiger charge is -2.18. The van der Waals surface area contributed by atoms with E-state index in [4.69, 9.17) is 9.47 Å². The minimum absolute atomic E-state index is 0.00140. The smallest absolute Gasteiger partial charge is 0.330 e. The number of methoxy groups -OCH3 is 3. The normalized spacial score (nSPS) is 14.0. The summed E-state index contributed by atoms with van der Waals surface area (Å²) in [6.45, 7) is 0.592. The maximum Gasteiger partial charge on any atom is 0.330 e. The lowest BCUT2D eigenvalue weighted by atomic mass is 10.2. The predicted octanol–water partition coefficient (Wildman–Crippen LogP) is 2.82. The summed E-state index contributed by atoms with van der Waals surface area (Å²) >= 11 is 0. The lowest BCUT2D eigenvalue weighted by molar-refractivity contribution is -0.134. The molecule has 32 heavy (non-hydrogen) atoms. The van der Waals surface area contributed by atoms with Crippen molar-refractivity contribution in [2.24, 2.45) is 0 Å². The molecule has 10 heteroatoms. The van der Waals surface area contributed by atoms with E-state index in [1.54, 1.807) is 29.2 Å². The number of nitrogens with one attached hydrogen (secondary N) is 1. The van der Waals surface area contributed by atoms with Gasteiger partial charge in [0, 0.05) is 24.7 Å². The molecule has 3 rings (SSSR count). The Labute approximate surface area is 186 Å². The Balaban J connectivity index is 1.99. The topological polar surface area (TPSA) is 111 Å². The van der Waals surface area contributed by atoms with Gasteiger partial charge in [-0.25, -0.2) is 13.2 Å². The van der Waals surface area contributed by atoms with Gasteiger partial charge in [-0.05, 0) is 48.4 Å². The molecule has 1 fully saturated rings. The van der Waals surface area contributed by atoms with Crippen LogP contribution in [0.4, 0.5) is 11.4 Å². The molecule has 0 aromatic heterocycles. The molecule has 1 amide bonds. The second kappa shape index (κ2) is 9.73. The minimum atomic E-state index is -4.12. The van der Waals surface area contributed by atoms with Crippen LogP contribution in [0.1, 0.15) is 18.4 Å². The Kier molecular flexibility index (Phi) is 7.04. The zero-order valence-electron chi connectivity index (χ0n) is 18.0. The van der Waals surface area contributed by atoms with Gasteiger partial charge >= 0.3 is 5.97 Å². The number of carbonyl (C=O) groups excluding carboxylic acids is 2. The molecule has 1 heterocycles. The summed E-state index contributed by atoms with van der Waals surface area (Å²) in [6.07, 6.45) is 3.81. The van der Waals surface area contributed by atoms with Crippen molar-refractivity contribution in [3.8, 4) is 11.5 Å². The molecule has 2 aromatic rings. The lowest BCUT2D eigenvalue weighted by Crippen LogP contribution is -2.23. The number of hydrogen-bond acceptors (Lipinski definition) is 7. The van der Waals surface area contributed by atoms with E-state index in [0.717, 1.165) is 6.42 Å². The number of amides is 1. The van der Waals surface area contributed by atoms with Crippen molar-refractivity contribution < 1.29 is 32.2 Å². The van der Waals surface area contributed by atoms with Gasteiger partial charge in [-0.3, -0.25) is 9.52 Å². The maximum atomic E-state index is 13.2. The number of anilines is 2. The Bertz CT molecular complexity index is 1160. The van der Waals surface area contributed by atoms with E-state index >= 15 is 0 Å². The van der Waals surface area contributed by atoms with Crippen LogP contribution in [0.5, 0.6) is 11.5 Å². The molecule has 2 aromatic carbocycles. The Hall–Kier alpha value is -3.53. The van der Waals surface area contributed by atoms with Crippen molar-refractivity contribution >= 4 is 39.4 Å². The molecule has 1 N–H and O–H groups in total. The molecule has 1 aliphatic rings. The van der Waals surface area contributed by atoms with Gasteiger partial charge in [0.05, 0.1) is 27.0 Å². The Morgan fingerprint density at radius 1 is 1.12 bits per heavy atom. The summed E-state index contributed by atoms with van der Waals surface area (Å²) in [5, 5.41) is 0. The average Bonchev–Trinajstić information content (AvgIpc) is 3.22. The first-order valence-corrected chi connectivity index (χ1v) is 11.2. The fourth-order valence-electron chi connectivity index (χ4n) is 3.35. The molecule has 0 spiro atoms. The van der Waals surface area contributed by atoms with Gasteiger partial charge < -0.3 is 19.1 Å². The zero-order chi connectivity index (χ0) is 23.3. The van der Waals surface area contributed by atoms with Crippen LogP contribution in [-0.2, 0) is 24.3 Å². The summed E-state index contributed by atoms with van der Waals surface area (Å²) in [7, 11) is -0.162. The second-order valence-corrected chi connectivity index (χ2v) is 8.57. The molecule has 1 aliphatic heterocycles. The molecule has 0 bridgehead atoms. The number of esters is 1. The number of ether oxygens (including phenoxy) is 3. The van der Waals surface area contributed by atoms with E-state index < -0.39 is 16.0 Å². The van der Waals surface area contributed by atoms with Crippen molar-refractivity contribution in [3.63, 3.8) is 0 Å². The van der Waals surface area contributed by atoms with Gasteiger partial charge in [-0.2, -0.15) is 0 Å². The van der Waals surface area contributed by atoms with Crippen LogP contribution in [0, 0.1) is 0 Å². The standard InChI is InChI=1S/C22H24N2O7S/c1-29-18-12-15(9-10-21(26)30-2)13-19(22(18)31-3)32(27,28)23-16-6-4-7-17(14-16)24-11-5-8-20(24)25/h4,6-7,9-10,12-14,23H,5,8,11H2,1-3H3. The Morgan fingerprint density at radius 2 is 1.91 bits per heavy atom. The van der Waals surface area contributed by atoms with Gasteiger partial charge in [0.15, 0.2) is 11.5 Å². The van der Waals surface area contributed by atoms with Gasteiger partial charge in [-0.1, -0.05) is 6.07 Å². The summed E-state index contributed by atoms with van der Waals surface area (Å²) in [6, 6.07) is 9.51. The van der Waals surface area contributed by atoms with E-state index in [-0.39, 0.29) is 22.3 Å². The van der Waals surface area contributed by atoms with Crippen LogP contribution in [0.3, 0.4) is 0 Å². The van der Waals surface area contributed by atoms with Gasteiger partial charge in [0.2, 0.25) is 5.91 Å². The highest BCUT2D eigenvalue weighted by Gasteiger charge is 2.25. The van der Waals surface area contributed by atoms with Crippen molar-refractivity contribution in [1.82, 2.24) is 0 Å². The fraction of sp³-hybridized carbons (Fsp3) is 0.273. The molecule has 0 saturated carbocycles. The molecule has 9 nitrogen and oxygen atoms in total. The maximum absolute atomic E-state index is 13.2. The third-order valence-electron chi connectivity index (χ3n) is 4.85. The van der Waals surface area contributed by atoms with E-state index in [0.29, 0.717) is 29.9 Å². The van der Waals surface area contributed by atoms with Crippen molar-refractivity contribution in [3.05, 3.63) is 48.0 Å². The summed E-state index contributed by atoms with van der Waals surface area (Å²) in [4.78, 5) is 24.9. The molecule has 0 radical (unpaired) electrons. The van der Waals surface area contributed by atoms with Gasteiger partial charge in [-0.15, -0.1) is 0 Å². The van der Waals surface area contributed by atoms with Crippen LogP contribution in [0.15, 0.2) is 47.4 Å². The van der Waals surface area contributed by atoms with Crippen LogP contribution in [-0.4, -0.2) is 48.2 Å². The summed E-state index contributed by atoms with van der Waals surface area (Å²) < 4.78 is 44.2. The second-order valence-electron chi connectivity index (χ2n) is 6.92. The number of rotatable bonds is 8. The highest BCUT2D eigenvalue weighted by atomic mass is 32.2. The van der Waals surface area contributed by atoms with Crippen molar-refractivity contribution in [1.29, 1.82) is 0 Å². The molecule has 0 aliphatic carbocycles. The fourth-order valence-corrected chi connectivity index (χ4v) is 4.61. The number of benzene rings is 2. The Morgan fingerprint density at radius 3 is 2.53 bits per heavy atom. The van der Waals surface area contributed by atoms with Crippen LogP contribution < -0.4 is 19.1 Å². The third kappa shape index (κ3) is 5.02. The van der Waals surface area contributed by atoms with E-state index in [9.17, 15) is 18.0 Å². The van der Waals surface area contributed by atoms with Crippen LogP contribution in [0.2, 0.25) is 0 Å². The molecular formula is C22H24N2O7S. The number of sulfonamides is 1. The molecular weight excluding hydrogens is 436 g/mol.